The Kier molecular flexibility index (Phi) is 5.42. The van der Waals surface area contributed by atoms with Gasteiger partial charge in [0.15, 0.2) is 0 Å². The molecule has 1 fully saturated rings. The van der Waals surface area contributed by atoms with Crippen LogP contribution in [0.25, 0.3) is 0 Å². The summed E-state index contributed by atoms with van der Waals surface area (Å²) in [6, 6.07) is 15.1. The van der Waals surface area contributed by atoms with Crippen LogP contribution in [0.3, 0.4) is 0 Å². The predicted octanol–water partition coefficient (Wildman–Crippen LogP) is 1.95. The third kappa shape index (κ3) is 3.67. The van der Waals surface area contributed by atoms with Gasteiger partial charge < -0.3 is 9.84 Å². The fourth-order valence-corrected chi connectivity index (χ4v) is 5.00. The van der Waals surface area contributed by atoms with Crippen LogP contribution < -0.4 is 9.46 Å². The molecule has 1 aliphatic carbocycles. The molecule has 0 radical (unpaired) electrons. The molecule has 0 amide bonds. The molecule has 2 N–H and O–H groups in total. The first-order valence-electron chi connectivity index (χ1n) is 9.65. The van der Waals surface area contributed by atoms with Crippen molar-refractivity contribution in [2.24, 2.45) is 5.92 Å². The highest BCUT2D eigenvalue weighted by Gasteiger charge is 2.40. The van der Waals surface area contributed by atoms with E-state index in [9.17, 15) is 13.5 Å². The normalized spacial score (nSPS) is 25.0. The number of fused-ring (bicyclic) bond motifs is 1. The summed E-state index contributed by atoms with van der Waals surface area (Å²) in [6.07, 6.45) is 1.82. The van der Waals surface area contributed by atoms with Crippen molar-refractivity contribution in [3.8, 4) is 5.75 Å². The second kappa shape index (κ2) is 7.83. The molecule has 0 saturated carbocycles. The molecular formula is C21H26N2O4S. The molecule has 6 nitrogen and oxygen atoms in total. The Bertz CT molecular complexity index is 930. The van der Waals surface area contributed by atoms with Crippen molar-refractivity contribution < 1.29 is 18.3 Å². The van der Waals surface area contributed by atoms with Crippen LogP contribution in [0.15, 0.2) is 53.4 Å². The number of aliphatic hydroxyl groups is 1. The SMILES string of the molecule is CNS(=O)(=O)c1ccc(OC2c3ccccc3CC2N2CCC(CO)C2)cc1. The monoisotopic (exact) mass is 402 g/mol. The van der Waals surface area contributed by atoms with Crippen molar-refractivity contribution >= 4 is 10.0 Å². The minimum Gasteiger partial charge on any atom is -0.484 e. The Balaban J connectivity index is 1.58. The van der Waals surface area contributed by atoms with Gasteiger partial charge in [0.2, 0.25) is 10.0 Å². The number of sulfonamides is 1. The van der Waals surface area contributed by atoms with Gasteiger partial charge in [-0.2, -0.15) is 0 Å². The molecule has 0 aromatic heterocycles. The lowest BCUT2D eigenvalue weighted by atomic mass is 10.1. The van der Waals surface area contributed by atoms with Crippen molar-refractivity contribution in [2.45, 2.75) is 29.9 Å². The molecule has 3 atom stereocenters. The zero-order chi connectivity index (χ0) is 19.7. The molecule has 3 unspecified atom stereocenters. The highest BCUT2D eigenvalue weighted by molar-refractivity contribution is 7.89. The number of likely N-dealkylation sites (tertiary alicyclic amines) is 1. The first kappa shape index (κ1) is 19.4. The van der Waals surface area contributed by atoms with Gasteiger partial charge in [0.25, 0.3) is 0 Å². The van der Waals surface area contributed by atoms with Crippen molar-refractivity contribution in [1.29, 1.82) is 0 Å². The molecular weight excluding hydrogens is 376 g/mol. The lowest BCUT2D eigenvalue weighted by Gasteiger charge is -2.30. The molecule has 2 aromatic rings. The van der Waals surface area contributed by atoms with Crippen LogP contribution in [0.2, 0.25) is 0 Å². The summed E-state index contributed by atoms with van der Waals surface area (Å²) in [5.41, 5.74) is 2.48. The number of ether oxygens (including phenoxy) is 1. The van der Waals surface area contributed by atoms with Crippen LogP contribution >= 0.6 is 0 Å². The predicted molar refractivity (Wildman–Crippen MR) is 107 cm³/mol. The molecule has 4 rings (SSSR count). The number of nitrogens with zero attached hydrogens (tertiary/aromatic N) is 1. The Morgan fingerprint density at radius 3 is 2.61 bits per heavy atom. The molecule has 7 heteroatoms. The number of benzene rings is 2. The summed E-state index contributed by atoms with van der Waals surface area (Å²) in [5, 5.41) is 9.50. The van der Waals surface area contributed by atoms with Gasteiger partial charge in [0.05, 0.1) is 10.9 Å². The van der Waals surface area contributed by atoms with E-state index in [2.05, 4.69) is 27.8 Å². The Morgan fingerprint density at radius 1 is 1.18 bits per heavy atom. The van der Waals surface area contributed by atoms with Crippen molar-refractivity contribution in [3.05, 3.63) is 59.7 Å². The maximum Gasteiger partial charge on any atom is 0.240 e. The summed E-state index contributed by atoms with van der Waals surface area (Å²) >= 11 is 0. The zero-order valence-electron chi connectivity index (χ0n) is 15.9. The van der Waals surface area contributed by atoms with Crippen LogP contribution in [-0.4, -0.2) is 51.2 Å². The number of rotatable bonds is 6. The average molecular weight is 403 g/mol. The molecule has 0 spiro atoms. The van der Waals surface area contributed by atoms with Crippen LogP contribution in [-0.2, 0) is 16.4 Å². The van der Waals surface area contributed by atoms with Crippen molar-refractivity contribution in [2.75, 3.05) is 26.7 Å². The standard InChI is InChI=1S/C21H26N2O4S/c1-22-28(25,26)18-8-6-17(7-9-18)27-21-19-5-3-2-4-16(19)12-20(21)23-11-10-15(13-23)14-24/h2-9,15,20-22,24H,10-14H2,1H3. The third-order valence-corrected chi connectivity index (χ3v) is 7.28. The van der Waals surface area contributed by atoms with Crippen LogP contribution in [0.1, 0.15) is 23.7 Å². The topological polar surface area (TPSA) is 78.9 Å². The van der Waals surface area contributed by atoms with Gasteiger partial charge in [0.1, 0.15) is 11.9 Å². The van der Waals surface area contributed by atoms with Crippen LogP contribution in [0.4, 0.5) is 0 Å². The first-order valence-corrected chi connectivity index (χ1v) is 11.1. The smallest absolute Gasteiger partial charge is 0.240 e. The third-order valence-electron chi connectivity index (χ3n) is 5.85. The van der Waals surface area contributed by atoms with Crippen molar-refractivity contribution in [3.63, 3.8) is 0 Å². The van der Waals surface area contributed by atoms with Crippen LogP contribution in [0, 0.1) is 5.92 Å². The molecule has 0 bridgehead atoms. The minimum atomic E-state index is -3.46. The summed E-state index contributed by atoms with van der Waals surface area (Å²) in [7, 11) is -2.06. The fourth-order valence-electron chi connectivity index (χ4n) is 4.27. The highest BCUT2D eigenvalue weighted by Crippen LogP contribution is 2.39. The number of aliphatic hydroxyl groups excluding tert-OH is 1. The summed E-state index contributed by atoms with van der Waals surface area (Å²) in [5.74, 6) is 0.982. The fraction of sp³-hybridized carbons (Fsp3) is 0.429. The molecule has 1 saturated heterocycles. The summed E-state index contributed by atoms with van der Waals surface area (Å²) in [4.78, 5) is 2.64. The zero-order valence-corrected chi connectivity index (χ0v) is 16.7. The Morgan fingerprint density at radius 2 is 1.93 bits per heavy atom. The first-order chi connectivity index (χ1) is 13.5. The van der Waals surface area contributed by atoms with Gasteiger partial charge >= 0.3 is 0 Å². The molecule has 2 aliphatic rings. The Labute approximate surface area is 166 Å². The summed E-state index contributed by atoms with van der Waals surface area (Å²) < 4.78 is 32.6. The number of nitrogens with one attached hydrogen (secondary N) is 1. The molecule has 1 aliphatic heterocycles. The van der Waals surface area contributed by atoms with E-state index in [0.717, 1.165) is 25.9 Å². The van der Waals surface area contributed by atoms with Gasteiger partial charge in [-0.3, -0.25) is 4.90 Å². The second-order valence-corrected chi connectivity index (χ2v) is 9.41. The molecule has 28 heavy (non-hydrogen) atoms. The van der Waals surface area contributed by atoms with E-state index in [1.807, 2.05) is 6.07 Å². The Hall–Kier alpha value is -1.93. The van der Waals surface area contributed by atoms with E-state index in [1.165, 1.54) is 18.2 Å². The maximum atomic E-state index is 11.9. The average Bonchev–Trinajstić information content (AvgIpc) is 3.33. The van der Waals surface area contributed by atoms with E-state index in [-0.39, 0.29) is 23.6 Å². The summed E-state index contributed by atoms with van der Waals surface area (Å²) in [6.45, 7) is 2.07. The lowest BCUT2D eigenvalue weighted by Crippen LogP contribution is -2.38. The van der Waals surface area contributed by atoms with E-state index >= 15 is 0 Å². The number of hydrogen-bond acceptors (Lipinski definition) is 5. The van der Waals surface area contributed by atoms with E-state index in [4.69, 9.17) is 4.74 Å². The number of hydrogen-bond donors (Lipinski definition) is 2. The van der Waals surface area contributed by atoms with E-state index in [1.54, 1.807) is 24.3 Å². The van der Waals surface area contributed by atoms with Crippen molar-refractivity contribution in [1.82, 2.24) is 9.62 Å². The highest BCUT2D eigenvalue weighted by atomic mass is 32.2. The van der Waals surface area contributed by atoms with E-state index in [0.29, 0.717) is 11.7 Å². The molecule has 1 heterocycles. The van der Waals surface area contributed by atoms with Gasteiger partial charge in [-0.25, -0.2) is 13.1 Å². The van der Waals surface area contributed by atoms with Gasteiger partial charge in [-0.05, 0) is 67.7 Å². The minimum absolute atomic E-state index is 0.111. The lowest BCUT2D eigenvalue weighted by molar-refractivity contribution is 0.0885. The van der Waals surface area contributed by atoms with Gasteiger partial charge in [-0.15, -0.1) is 0 Å². The maximum absolute atomic E-state index is 11.9. The van der Waals surface area contributed by atoms with Gasteiger partial charge in [-0.1, -0.05) is 24.3 Å². The van der Waals surface area contributed by atoms with Gasteiger partial charge in [0, 0.05) is 13.2 Å². The van der Waals surface area contributed by atoms with E-state index < -0.39 is 10.0 Å². The largest absolute Gasteiger partial charge is 0.484 e. The molecule has 150 valence electrons. The molecule has 2 aromatic carbocycles. The van der Waals surface area contributed by atoms with Crippen LogP contribution in [0.5, 0.6) is 5.75 Å². The second-order valence-electron chi connectivity index (χ2n) is 7.52. The quantitative estimate of drug-likeness (QED) is 0.772.